The van der Waals surface area contributed by atoms with Gasteiger partial charge in [0.2, 0.25) is 0 Å². The number of H-pyrrole nitrogens is 1. The number of nitrogens with zero attached hydrogens (tertiary/aromatic N) is 1. The van der Waals surface area contributed by atoms with E-state index in [1.54, 1.807) is 0 Å². The van der Waals surface area contributed by atoms with Crippen LogP contribution in [0.1, 0.15) is 24.0 Å². The van der Waals surface area contributed by atoms with Crippen molar-refractivity contribution in [2.75, 3.05) is 32.8 Å². The van der Waals surface area contributed by atoms with Gasteiger partial charge in [-0.05, 0) is 43.4 Å². The molecule has 0 radical (unpaired) electrons. The van der Waals surface area contributed by atoms with E-state index in [1.807, 2.05) is 11.1 Å². The third-order valence-electron chi connectivity index (χ3n) is 4.70. The average Bonchev–Trinajstić information content (AvgIpc) is 3.02. The molecule has 6 heteroatoms. The van der Waals surface area contributed by atoms with Crippen molar-refractivity contribution in [3.8, 4) is 0 Å². The minimum absolute atomic E-state index is 0.0207. The van der Waals surface area contributed by atoms with Crippen LogP contribution in [0.2, 0.25) is 0 Å². The number of aromatic nitrogens is 1. The molecule has 136 valence electrons. The Labute approximate surface area is 148 Å². The molecule has 3 rings (SSSR count). The van der Waals surface area contributed by atoms with Gasteiger partial charge in [0.25, 0.3) is 0 Å². The number of aromatic amines is 1. The van der Waals surface area contributed by atoms with Gasteiger partial charge in [-0.3, -0.25) is 0 Å². The fourth-order valence-electron chi connectivity index (χ4n) is 3.40. The number of likely N-dealkylation sites (tertiary alicyclic amines) is 1. The van der Waals surface area contributed by atoms with Crippen LogP contribution < -0.4 is 5.32 Å². The molecule has 1 aromatic carbocycles. The van der Waals surface area contributed by atoms with E-state index in [1.165, 1.54) is 16.5 Å². The molecule has 0 spiro atoms. The number of rotatable bonds is 6. The normalized spacial score (nSPS) is 17.8. The van der Waals surface area contributed by atoms with Crippen LogP contribution in [-0.2, 0) is 11.2 Å². The quantitative estimate of drug-likeness (QED) is 0.751. The zero-order chi connectivity index (χ0) is 17.6. The summed E-state index contributed by atoms with van der Waals surface area (Å²) in [5.74, 6) is 0. The maximum Gasteiger partial charge on any atom is 0.317 e. The number of carbonyl (C=O) groups excluding carboxylic acids is 1. The van der Waals surface area contributed by atoms with Gasteiger partial charge in [-0.2, -0.15) is 0 Å². The van der Waals surface area contributed by atoms with Crippen LogP contribution in [0.4, 0.5) is 4.79 Å². The van der Waals surface area contributed by atoms with E-state index in [-0.39, 0.29) is 18.7 Å². The van der Waals surface area contributed by atoms with Gasteiger partial charge in [0.15, 0.2) is 0 Å². The van der Waals surface area contributed by atoms with Gasteiger partial charge in [0, 0.05) is 36.7 Å². The summed E-state index contributed by atoms with van der Waals surface area (Å²) in [6.07, 6.45) is 4.73. The van der Waals surface area contributed by atoms with Crippen LogP contribution in [-0.4, -0.2) is 60.0 Å². The number of nitrogens with one attached hydrogen (secondary N) is 2. The summed E-state index contributed by atoms with van der Waals surface area (Å²) in [5, 5.41) is 13.1. The predicted octanol–water partition coefficient (Wildman–Crippen LogP) is 2.20. The first-order valence-electron chi connectivity index (χ1n) is 8.99. The third kappa shape index (κ3) is 4.52. The van der Waals surface area contributed by atoms with Crippen LogP contribution >= 0.6 is 0 Å². The molecule has 1 aromatic heterocycles. The number of benzene rings is 1. The highest BCUT2D eigenvalue weighted by Crippen LogP contribution is 2.19. The topological polar surface area (TPSA) is 77.6 Å². The van der Waals surface area contributed by atoms with E-state index in [4.69, 9.17) is 9.84 Å². The van der Waals surface area contributed by atoms with E-state index < -0.39 is 0 Å². The van der Waals surface area contributed by atoms with Gasteiger partial charge in [-0.25, -0.2) is 4.79 Å². The number of hydrogen-bond donors (Lipinski definition) is 3. The highest BCUT2D eigenvalue weighted by atomic mass is 16.5. The Balaban J connectivity index is 1.48. The molecular weight excluding hydrogens is 318 g/mol. The minimum Gasteiger partial charge on any atom is -0.394 e. The fourth-order valence-corrected chi connectivity index (χ4v) is 3.40. The molecule has 1 saturated heterocycles. The molecule has 1 aliphatic rings. The molecule has 0 aliphatic carbocycles. The highest BCUT2D eigenvalue weighted by Gasteiger charge is 2.23. The summed E-state index contributed by atoms with van der Waals surface area (Å²) in [7, 11) is 0. The Morgan fingerprint density at radius 2 is 2.36 bits per heavy atom. The molecule has 6 nitrogen and oxygen atoms in total. The molecule has 2 amide bonds. The first-order chi connectivity index (χ1) is 12.2. The number of ether oxygens (including phenoxy) is 1. The number of aliphatic hydroxyl groups excluding tert-OH is 1. The Morgan fingerprint density at radius 1 is 1.48 bits per heavy atom. The van der Waals surface area contributed by atoms with Crippen molar-refractivity contribution in [3.05, 3.63) is 35.5 Å². The monoisotopic (exact) mass is 345 g/mol. The molecule has 0 unspecified atom stereocenters. The Kier molecular flexibility index (Phi) is 5.94. The third-order valence-corrected chi connectivity index (χ3v) is 4.70. The Morgan fingerprint density at radius 3 is 3.20 bits per heavy atom. The van der Waals surface area contributed by atoms with Crippen molar-refractivity contribution in [2.24, 2.45) is 0 Å². The number of hydrogen-bond acceptors (Lipinski definition) is 3. The second-order valence-corrected chi connectivity index (χ2v) is 6.65. The smallest absolute Gasteiger partial charge is 0.317 e. The SMILES string of the molecule is Cc1ccc2c(CCNC(=O)N3CCC[C@@H](OCCO)C3)c[nH]c2c1. The number of carbonyl (C=O) groups is 1. The van der Waals surface area contributed by atoms with Gasteiger partial charge in [-0.15, -0.1) is 0 Å². The maximum atomic E-state index is 12.4. The molecular formula is C19H27N3O3. The molecule has 0 bridgehead atoms. The Bertz CT molecular complexity index is 713. The van der Waals surface area contributed by atoms with E-state index >= 15 is 0 Å². The van der Waals surface area contributed by atoms with Gasteiger partial charge in [0.05, 0.1) is 19.3 Å². The number of amides is 2. The predicted molar refractivity (Wildman–Crippen MR) is 97.8 cm³/mol. The fraction of sp³-hybridized carbons (Fsp3) is 0.526. The Hall–Kier alpha value is -2.05. The minimum atomic E-state index is -0.0343. The molecule has 0 saturated carbocycles. The molecule has 1 fully saturated rings. The summed E-state index contributed by atoms with van der Waals surface area (Å²) in [5.41, 5.74) is 3.59. The van der Waals surface area contributed by atoms with Crippen molar-refractivity contribution in [1.29, 1.82) is 0 Å². The first-order valence-corrected chi connectivity index (χ1v) is 8.99. The van der Waals surface area contributed by atoms with Gasteiger partial charge < -0.3 is 25.0 Å². The maximum absolute atomic E-state index is 12.4. The van der Waals surface area contributed by atoms with Crippen molar-refractivity contribution >= 4 is 16.9 Å². The van der Waals surface area contributed by atoms with E-state index in [0.717, 1.165) is 31.3 Å². The van der Waals surface area contributed by atoms with Crippen molar-refractivity contribution in [3.63, 3.8) is 0 Å². The summed E-state index contributed by atoms with van der Waals surface area (Å²) < 4.78 is 5.56. The lowest BCUT2D eigenvalue weighted by molar-refractivity contribution is -0.00575. The van der Waals surface area contributed by atoms with Gasteiger partial charge in [-0.1, -0.05) is 12.1 Å². The lowest BCUT2D eigenvalue weighted by atomic mass is 10.1. The second-order valence-electron chi connectivity index (χ2n) is 6.65. The van der Waals surface area contributed by atoms with Crippen molar-refractivity contribution in [1.82, 2.24) is 15.2 Å². The van der Waals surface area contributed by atoms with E-state index in [2.05, 4.69) is 35.4 Å². The van der Waals surface area contributed by atoms with Crippen molar-refractivity contribution in [2.45, 2.75) is 32.3 Å². The number of fused-ring (bicyclic) bond motifs is 1. The highest BCUT2D eigenvalue weighted by molar-refractivity contribution is 5.83. The van der Waals surface area contributed by atoms with E-state index in [9.17, 15) is 4.79 Å². The van der Waals surface area contributed by atoms with Crippen LogP contribution in [0.3, 0.4) is 0 Å². The van der Waals surface area contributed by atoms with Crippen LogP contribution in [0.15, 0.2) is 24.4 Å². The zero-order valence-electron chi connectivity index (χ0n) is 14.8. The number of aryl methyl sites for hydroxylation is 1. The summed E-state index contributed by atoms with van der Waals surface area (Å²) in [6, 6.07) is 6.34. The first kappa shape index (κ1) is 17.8. The van der Waals surface area contributed by atoms with Gasteiger partial charge in [0.1, 0.15) is 0 Å². The molecule has 25 heavy (non-hydrogen) atoms. The largest absolute Gasteiger partial charge is 0.394 e. The number of urea groups is 1. The van der Waals surface area contributed by atoms with Crippen molar-refractivity contribution < 1.29 is 14.6 Å². The van der Waals surface area contributed by atoms with E-state index in [0.29, 0.717) is 19.7 Å². The molecule has 2 heterocycles. The standard InChI is InChI=1S/C19H27N3O3/c1-14-4-5-17-15(12-21-18(17)11-14)6-7-20-19(24)22-8-2-3-16(13-22)25-10-9-23/h4-5,11-12,16,21,23H,2-3,6-10,13H2,1H3,(H,20,24)/t16-/m1/s1. The molecule has 2 aromatic rings. The van der Waals surface area contributed by atoms with Crippen LogP contribution in [0.25, 0.3) is 10.9 Å². The number of aliphatic hydroxyl groups is 1. The molecule has 1 atom stereocenters. The lowest BCUT2D eigenvalue weighted by Crippen LogP contribution is -2.48. The summed E-state index contributed by atoms with van der Waals surface area (Å²) in [6.45, 7) is 4.40. The van der Waals surface area contributed by atoms with Gasteiger partial charge >= 0.3 is 6.03 Å². The lowest BCUT2D eigenvalue weighted by Gasteiger charge is -2.32. The number of piperidine rings is 1. The second kappa shape index (κ2) is 8.36. The van der Waals surface area contributed by atoms with Crippen LogP contribution in [0, 0.1) is 6.92 Å². The van der Waals surface area contributed by atoms with Crippen LogP contribution in [0.5, 0.6) is 0 Å². The average molecular weight is 345 g/mol. The molecule has 3 N–H and O–H groups in total. The zero-order valence-corrected chi connectivity index (χ0v) is 14.8. The molecule has 1 aliphatic heterocycles. The summed E-state index contributed by atoms with van der Waals surface area (Å²) >= 11 is 0. The summed E-state index contributed by atoms with van der Waals surface area (Å²) in [4.78, 5) is 17.5.